The molecule has 0 aromatic heterocycles. The highest BCUT2D eigenvalue weighted by Gasteiger charge is 2.35. The Bertz CT molecular complexity index is 391. The summed E-state index contributed by atoms with van der Waals surface area (Å²) in [6.07, 6.45) is 2.97. The second-order valence-electron chi connectivity index (χ2n) is 5.13. The van der Waals surface area contributed by atoms with Gasteiger partial charge in [0.1, 0.15) is 0 Å². The van der Waals surface area contributed by atoms with E-state index >= 15 is 0 Å². The quantitative estimate of drug-likeness (QED) is 0.670. The molecule has 0 unspecified atom stereocenters. The Morgan fingerprint density at radius 3 is 2.55 bits per heavy atom. The summed E-state index contributed by atoms with van der Waals surface area (Å²) in [5, 5.41) is 11.9. The molecule has 3 atom stereocenters. The van der Waals surface area contributed by atoms with E-state index < -0.39 is 24.2 Å². The molecule has 0 aliphatic heterocycles. The summed E-state index contributed by atoms with van der Waals surface area (Å²) >= 11 is 0. The predicted molar refractivity (Wildman–Crippen MR) is 75.2 cm³/mol. The van der Waals surface area contributed by atoms with Gasteiger partial charge in [-0.15, -0.1) is 0 Å². The number of ether oxygens (including phenoxy) is 1. The van der Waals surface area contributed by atoms with Gasteiger partial charge in [0.2, 0.25) is 5.91 Å². The van der Waals surface area contributed by atoms with E-state index in [0.29, 0.717) is 0 Å². The van der Waals surface area contributed by atoms with E-state index in [1.807, 2.05) is 13.8 Å². The van der Waals surface area contributed by atoms with Crippen LogP contribution in [0.25, 0.3) is 0 Å². The van der Waals surface area contributed by atoms with Gasteiger partial charge in [0.15, 0.2) is 0 Å². The van der Waals surface area contributed by atoms with E-state index in [1.165, 1.54) is 6.92 Å². The van der Waals surface area contributed by atoms with Crippen LogP contribution in [0.4, 0.5) is 0 Å². The molecule has 1 rings (SSSR count). The Kier molecular flexibility index (Phi) is 6.16. The molecule has 0 aromatic carbocycles. The molecule has 20 heavy (non-hydrogen) atoms. The fraction of sp³-hybridized carbons (Fsp3) is 0.714. The third-order valence-corrected chi connectivity index (χ3v) is 3.54. The zero-order valence-electron chi connectivity index (χ0n) is 12.3. The van der Waals surface area contributed by atoms with Crippen molar-refractivity contribution >= 4 is 11.9 Å². The minimum absolute atomic E-state index is 0.0212. The molecule has 4 N–H and O–H groups in total. The Balaban J connectivity index is 2.96. The van der Waals surface area contributed by atoms with Crippen molar-refractivity contribution in [3.05, 3.63) is 11.6 Å². The van der Waals surface area contributed by atoms with Gasteiger partial charge in [0, 0.05) is 18.5 Å². The van der Waals surface area contributed by atoms with Crippen molar-refractivity contribution < 1.29 is 19.4 Å². The molecular formula is C14H24N2O4. The SMILES string of the molecule is CCC(CC)O[C@@H]1C=C(C(=O)O)C[C@@H](N)[C@@H]1NC(C)=O. The molecule has 0 aromatic rings. The number of rotatable bonds is 6. The number of hydrogen-bond donors (Lipinski definition) is 3. The monoisotopic (exact) mass is 284 g/mol. The first-order valence-corrected chi connectivity index (χ1v) is 7.01. The lowest BCUT2D eigenvalue weighted by Gasteiger charge is -2.36. The summed E-state index contributed by atoms with van der Waals surface area (Å²) < 4.78 is 5.92. The van der Waals surface area contributed by atoms with Crippen molar-refractivity contribution in [1.82, 2.24) is 5.32 Å². The van der Waals surface area contributed by atoms with Crippen molar-refractivity contribution in [2.45, 2.75) is 64.3 Å². The molecule has 114 valence electrons. The fourth-order valence-corrected chi connectivity index (χ4v) is 2.40. The van der Waals surface area contributed by atoms with Crippen LogP contribution in [0.3, 0.4) is 0 Å². The number of nitrogens with one attached hydrogen (secondary N) is 1. The number of aliphatic carboxylic acids is 1. The zero-order chi connectivity index (χ0) is 15.3. The minimum Gasteiger partial charge on any atom is -0.478 e. The van der Waals surface area contributed by atoms with Crippen LogP contribution < -0.4 is 11.1 Å². The highest BCUT2D eigenvalue weighted by Crippen LogP contribution is 2.23. The molecule has 0 spiro atoms. The van der Waals surface area contributed by atoms with Crippen LogP contribution in [0, 0.1) is 0 Å². The number of carbonyl (C=O) groups is 2. The van der Waals surface area contributed by atoms with Crippen LogP contribution in [0.5, 0.6) is 0 Å². The molecule has 1 aliphatic rings. The van der Waals surface area contributed by atoms with Gasteiger partial charge in [-0.05, 0) is 25.3 Å². The first-order valence-electron chi connectivity index (χ1n) is 7.01. The van der Waals surface area contributed by atoms with Crippen LogP contribution >= 0.6 is 0 Å². The highest BCUT2D eigenvalue weighted by atomic mass is 16.5. The highest BCUT2D eigenvalue weighted by molar-refractivity contribution is 5.87. The van der Waals surface area contributed by atoms with E-state index in [0.717, 1.165) is 12.8 Å². The molecule has 1 aliphatic carbocycles. The summed E-state index contributed by atoms with van der Waals surface area (Å²) in [5.41, 5.74) is 6.25. The maximum absolute atomic E-state index is 11.3. The van der Waals surface area contributed by atoms with Gasteiger partial charge in [0.25, 0.3) is 0 Å². The molecule has 0 bridgehead atoms. The van der Waals surface area contributed by atoms with Gasteiger partial charge in [-0.3, -0.25) is 4.79 Å². The molecular weight excluding hydrogens is 260 g/mol. The summed E-state index contributed by atoms with van der Waals surface area (Å²) in [5.74, 6) is -1.18. The minimum atomic E-state index is -0.986. The maximum Gasteiger partial charge on any atom is 0.331 e. The third kappa shape index (κ3) is 4.31. The number of nitrogens with two attached hydrogens (primary N) is 1. The van der Waals surface area contributed by atoms with Crippen molar-refractivity contribution in [1.29, 1.82) is 0 Å². The summed E-state index contributed by atoms with van der Waals surface area (Å²) in [6, 6.07) is -0.856. The molecule has 0 saturated heterocycles. The second-order valence-corrected chi connectivity index (χ2v) is 5.13. The fourth-order valence-electron chi connectivity index (χ4n) is 2.40. The average molecular weight is 284 g/mol. The van der Waals surface area contributed by atoms with Crippen LogP contribution in [0.2, 0.25) is 0 Å². The predicted octanol–water partition coefficient (Wildman–Crippen LogP) is 0.807. The van der Waals surface area contributed by atoms with Crippen LogP contribution in [0.15, 0.2) is 11.6 Å². The molecule has 6 heteroatoms. The van der Waals surface area contributed by atoms with Crippen LogP contribution in [-0.4, -0.2) is 41.3 Å². The number of carboxylic acid groups (broad SMARTS) is 1. The zero-order valence-corrected chi connectivity index (χ0v) is 12.3. The molecule has 0 radical (unpaired) electrons. The van der Waals surface area contributed by atoms with Crippen molar-refractivity contribution in [3.63, 3.8) is 0 Å². The Morgan fingerprint density at radius 1 is 1.50 bits per heavy atom. The number of carboxylic acids is 1. The van der Waals surface area contributed by atoms with E-state index in [1.54, 1.807) is 6.08 Å². The van der Waals surface area contributed by atoms with Crippen molar-refractivity contribution in [2.24, 2.45) is 5.73 Å². The van der Waals surface area contributed by atoms with Gasteiger partial charge >= 0.3 is 5.97 Å². The third-order valence-electron chi connectivity index (χ3n) is 3.54. The summed E-state index contributed by atoms with van der Waals surface area (Å²) in [6.45, 7) is 5.43. The lowest BCUT2D eigenvalue weighted by Crippen LogP contribution is -2.57. The lowest BCUT2D eigenvalue weighted by atomic mass is 9.88. The number of amides is 1. The van der Waals surface area contributed by atoms with Crippen molar-refractivity contribution in [3.8, 4) is 0 Å². The average Bonchev–Trinajstić information content (AvgIpc) is 2.38. The van der Waals surface area contributed by atoms with Gasteiger partial charge < -0.3 is 20.9 Å². The van der Waals surface area contributed by atoms with Crippen molar-refractivity contribution in [2.75, 3.05) is 0 Å². The number of hydrogen-bond acceptors (Lipinski definition) is 4. The summed E-state index contributed by atoms with van der Waals surface area (Å²) in [7, 11) is 0. The Hall–Kier alpha value is -1.40. The van der Waals surface area contributed by atoms with E-state index in [9.17, 15) is 9.59 Å². The van der Waals surface area contributed by atoms with Gasteiger partial charge in [-0.1, -0.05) is 13.8 Å². The first kappa shape index (κ1) is 16.7. The topological polar surface area (TPSA) is 102 Å². The smallest absolute Gasteiger partial charge is 0.331 e. The summed E-state index contributed by atoms with van der Waals surface area (Å²) in [4.78, 5) is 22.4. The van der Waals surface area contributed by atoms with Gasteiger partial charge in [-0.2, -0.15) is 0 Å². The molecule has 0 saturated carbocycles. The second kappa shape index (κ2) is 7.40. The maximum atomic E-state index is 11.3. The molecule has 1 amide bonds. The Morgan fingerprint density at radius 2 is 2.10 bits per heavy atom. The standard InChI is InChI=1S/C14H24N2O4/c1-4-10(5-2)20-12-7-9(14(18)19)6-11(15)13(12)16-8(3)17/h7,10-13H,4-6,15H2,1-3H3,(H,16,17)(H,18,19)/t11-,12-,13+/m1/s1. The number of carbonyl (C=O) groups excluding carboxylic acids is 1. The van der Waals surface area contributed by atoms with Crippen LogP contribution in [-0.2, 0) is 14.3 Å². The molecule has 0 heterocycles. The Labute approximate surface area is 119 Å². The van der Waals surface area contributed by atoms with Gasteiger partial charge in [-0.25, -0.2) is 4.79 Å². The van der Waals surface area contributed by atoms with Gasteiger partial charge in [0.05, 0.1) is 18.2 Å². The normalized spacial score (nSPS) is 26.2. The van der Waals surface area contributed by atoms with E-state index in [4.69, 9.17) is 15.6 Å². The van der Waals surface area contributed by atoms with Crippen LogP contribution in [0.1, 0.15) is 40.0 Å². The lowest BCUT2D eigenvalue weighted by molar-refractivity contribution is -0.133. The molecule has 0 fully saturated rings. The molecule has 6 nitrogen and oxygen atoms in total. The van der Waals surface area contributed by atoms with E-state index in [-0.39, 0.29) is 24.0 Å². The first-order chi connectivity index (χ1) is 9.38. The largest absolute Gasteiger partial charge is 0.478 e. The van der Waals surface area contributed by atoms with E-state index in [2.05, 4.69) is 5.32 Å².